The van der Waals surface area contributed by atoms with Crippen molar-refractivity contribution in [2.24, 2.45) is 11.8 Å². The van der Waals surface area contributed by atoms with E-state index in [1.807, 2.05) is 32.9 Å². The molecular weight excluding hydrogens is 288 g/mol. The second-order valence-electron chi connectivity index (χ2n) is 5.90. The molecule has 114 valence electrons. The van der Waals surface area contributed by atoms with E-state index in [9.17, 15) is 9.59 Å². The van der Waals surface area contributed by atoms with Gasteiger partial charge in [-0.25, -0.2) is 0 Å². The smallest absolute Gasteiger partial charge is 0.239 e. The Kier molecular flexibility index (Phi) is 4.88. The first-order valence-corrected chi connectivity index (χ1v) is 7.63. The van der Waals surface area contributed by atoms with Gasteiger partial charge >= 0.3 is 0 Å². The first-order chi connectivity index (χ1) is 9.90. The van der Waals surface area contributed by atoms with Crippen LogP contribution in [0.15, 0.2) is 18.2 Å². The molecular formula is C16H21ClN2O2. The van der Waals surface area contributed by atoms with Crippen molar-refractivity contribution in [3.05, 3.63) is 28.8 Å². The molecule has 0 bridgehead atoms. The zero-order valence-corrected chi connectivity index (χ0v) is 13.4. The van der Waals surface area contributed by atoms with Crippen LogP contribution in [0.4, 0.5) is 5.69 Å². The maximum atomic E-state index is 12.4. The molecule has 2 amide bonds. The lowest BCUT2D eigenvalue weighted by atomic mass is 10.1. The van der Waals surface area contributed by atoms with Crippen molar-refractivity contribution in [2.75, 3.05) is 18.0 Å². The molecule has 0 radical (unpaired) electrons. The summed E-state index contributed by atoms with van der Waals surface area (Å²) >= 11 is 6.11. The number of benzene rings is 1. The molecule has 5 heteroatoms. The molecule has 0 aliphatic carbocycles. The highest BCUT2D eigenvalue weighted by molar-refractivity contribution is 6.31. The number of carbonyl (C=O) groups excluding carboxylic acids is 2. The monoisotopic (exact) mass is 308 g/mol. The van der Waals surface area contributed by atoms with Gasteiger partial charge < -0.3 is 10.2 Å². The Balaban J connectivity index is 2.07. The van der Waals surface area contributed by atoms with Gasteiger partial charge in [-0.1, -0.05) is 31.5 Å². The van der Waals surface area contributed by atoms with Crippen LogP contribution in [-0.4, -0.2) is 24.9 Å². The Morgan fingerprint density at radius 3 is 2.81 bits per heavy atom. The Bertz CT molecular complexity index is 557. The molecule has 1 saturated heterocycles. The largest absolute Gasteiger partial charge is 0.355 e. The average Bonchev–Trinajstić information content (AvgIpc) is 2.81. The number of rotatable bonds is 4. The second-order valence-corrected chi connectivity index (χ2v) is 6.31. The van der Waals surface area contributed by atoms with Crippen LogP contribution >= 0.6 is 11.6 Å². The zero-order chi connectivity index (χ0) is 15.6. The molecule has 1 aromatic carbocycles. The summed E-state index contributed by atoms with van der Waals surface area (Å²) in [6.07, 6.45) is 0.550. The summed E-state index contributed by atoms with van der Waals surface area (Å²) in [4.78, 5) is 26.1. The predicted octanol–water partition coefficient (Wildman–Crippen LogP) is 2.77. The number of anilines is 1. The standard InChI is InChI=1S/C16H21ClN2O2/c1-10(2)9-18-15(20)13-6-7-19(16(13)21)12-5-4-11(3)14(17)8-12/h4-5,8,10,13H,6-7,9H2,1-3H3,(H,18,20)/t13-/m1/s1. The summed E-state index contributed by atoms with van der Waals surface area (Å²) in [5.74, 6) is -0.521. The van der Waals surface area contributed by atoms with Gasteiger partial charge in [-0.15, -0.1) is 0 Å². The van der Waals surface area contributed by atoms with E-state index in [0.717, 1.165) is 11.3 Å². The van der Waals surface area contributed by atoms with E-state index in [-0.39, 0.29) is 11.8 Å². The van der Waals surface area contributed by atoms with Crippen LogP contribution in [0.5, 0.6) is 0 Å². The molecule has 0 aromatic heterocycles. The normalized spacial score (nSPS) is 18.4. The molecule has 1 aliphatic heterocycles. The predicted molar refractivity (Wildman–Crippen MR) is 84.5 cm³/mol. The first kappa shape index (κ1) is 15.8. The molecule has 0 saturated carbocycles. The summed E-state index contributed by atoms with van der Waals surface area (Å²) in [7, 11) is 0. The molecule has 4 nitrogen and oxygen atoms in total. The summed E-state index contributed by atoms with van der Waals surface area (Å²) in [6, 6.07) is 5.54. The van der Waals surface area contributed by atoms with Crippen molar-refractivity contribution < 1.29 is 9.59 Å². The number of hydrogen-bond donors (Lipinski definition) is 1. The Morgan fingerprint density at radius 1 is 1.48 bits per heavy atom. The van der Waals surface area contributed by atoms with Crippen molar-refractivity contribution in [3.8, 4) is 0 Å². The fraction of sp³-hybridized carbons (Fsp3) is 0.500. The van der Waals surface area contributed by atoms with E-state index < -0.39 is 5.92 Å². The van der Waals surface area contributed by atoms with Gasteiger partial charge in [-0.05, 0) is 37.0 Å². The lowest BCUT2D eigenvalue weighted by Gasteiger charge is -2.18. The van der Waals surface area contributed by atoms with E-state index in [0.29, 0.717) is 30.5 Å². The van der Waals surface area contributed by atoms with Gasteiger partial charge in [0.1, 0.15) is 5.92 Å². The number of amides is 2. The van der Waals surface area contributed by atoms with E-state index in [4.69, 9.17) is 11.6 Å². The van der Waals surface area contributed by atoms with Crippen molar-refractivity contribution >= 4 is 29.1 Å². The Hall–Kier alpha value is -1.55. The van der Waals surface area contributed by atoms with E-state index in [1.54, 1.807) is 11.0 Å². The third-order valence-electron chi connectivity index (χ3n) is 3.67. The zero-order valence-electron chi connectivity index (χ0n) is 12.6. The highest BCUT2D eigenvalue weighted by atomic mass is 35.5. The molecule has 1 fully saturated rings. The average molecular weight is 309 g/mol. The number of aryl methyl sites for hydroxylation is 1. The van der Waals surface area contributed by atoms with E-state index >= 15 is 0 Å². The minimum absolute atomic E-state index is 0.142. The fourth-order valence-corrected chi connectivity index (χ4v) is 2.53. The second kappa shape index (κ2) is 6.48. The summed E-state index contributed by atoms with van der Waals surface area (Å²) < 4.78 is 0. The molecule has 0 spiro atoms. The van der Waals surface area contributed by atoms with Crippen LogP contribution in [0.1, 0.15) is 25.8 Å². The molecule has 21 heavy (non-hydrogen) atoms. The van der Waals surface area contributed by atoms with Crippen molar-refractivity contribution in [1.29, 1.82) is 0 Å². The van der Waals surface area contributed by atoms with Gasteiger partial charge in [-0.2, -0.15) is 0 Å². The number of nitrogens with one attached hydrogen (secondary N) is 1. The lowest BCUT2D eigenvalue weighted by Crippen LogP contribution is -2.38. The van der Waals surface area contributed by atoms with Crippen LogP contribution in [0.3, 0.4) is 0 Å². The lowest BCUT2D eigenvalue weighted by molar-refractivity contribution is -0.132. The van der Waals surface area contributed by atoms with Gasteiger partial charge in [-0.3, -0.25) is 9.59 Å². The third-order valence-corrected chi connectivity index (χ3v) is 4.08. The molecule has 1 aromatic rings. The molecule has 1 N–H and O–H groups in total. The number of carbonyl (C=O) groups is 2. The quantitative estimate of drug-likeness (QED) is 0.870. The number of halogens is 1. The summed E-state index contributed by atoms with van der Waals surface area (Å²) in [5, 5.41) is 3.47. The van der Waals surface area contributed by atoms with Crippen LogP contribution in [0.2, 0.25) is 5.02 Å². The SMILES string of the molecule is Cc1ccc(N2CC[C@H](C(=O)NCC(C)C)C2=O)cc1Cl. The molecule has 0 unspecified atom stereocenters. The minimum Gasteiger partial charge on any atom is -0.355 e. The van der Waals surface area contributed by atoms with Gasteiger partial charge in [0.05, 0.1) is 0 Å². The van der Waals surface area contributed by atoms with Crippen LogP contribution < -0.4 is 10.2 Å². The highest BCUT2D eigenvalue weighted by Crippen LogP contribution is 2.28. The molecule has 2 rings (SSSR count). The first-order valence-electron chi connectivity index (χ1n) is 7.25. The van der Waals surface area contributed by atoms with E-state index in [2.05, 4.69) is 5.32 Å². The number of hydrogen-bond acceptors (Lipinski definition) is 2. The molecule has 1 aliphatic rings. The van der Waals surface area contributed by atoms with Gasteiger partial charge in [0, 0.05) is 23.8 Å². The maximum absolute atomic E-state index is 12.4. The third kappa shape index (κ3) is 3.56. The summed E-state index contributed by atoms with van der Waals surface area (Å²) in [6.45, 7) is 7.12. The number of nitrogens with zero attached hydrogens (tertiary/aromatic N) is 1. The highest BCUT2D eigenvalue weighted by Gasteiger charge is 2.37. The fourth-order valence-electron chi connectivity index (χ4n) is 2.36. The van der Waals surface area contributed by atoms with Crippen LogP contribution in [0, 0.1) is 18.8 Å². The van der Waals surface area contributed by atoms with Gasteiger partial charge in [0.2, 0.25) is 11.8 Å². The van der Waals surface area contributed by atoms with Gasteiger partial charge in [0.15, 0.2) is 0 Å². The van der Waals surface area contributed by atoms with Crippen molar-refractivity contribution in [2.45, 2.75) is 27.2 Å². The van der Waals surface area contributed by atoms with Crippen LogP contribution in [-0.2, 0) is 9.59 Å². The minimum atomic E-state index is -0.580. The summed E-state index contributed by atoms with van der Waals surface area (Å²) in [5.41, 5.74) is 1.73. The van der Waals surface area contributed by atoms with Crippen molar-refractivity contribution in [1.82, 2.24) is 5.32 Å². The van der Waals surface area contributed by atoms with E-state index in [1.165, 1.54) is 0 Å². The maximum Gasteiger partial charge on any atom is 0.239 e. The van der Waals surface area contributed by atoms with Crippen LogP contribution in [0.25, 0.3) is 0 Å². The Morgan fingerprint density at radius 2 is 2.19 bits per heavy atom. The van der Waals surface area contributed by atoms with Crippen molar-refractivity contribution in [3.63, 3.8) is 0 Å². The van der Waals surface area contributed by atoms with Gasteiger partial charge in [0.25, 0.3) is 0 Å². The Labute approximate surface area is 130 Å². The molecule has 1 atom stereocenters. The topological polar surface area (TPSA) is 49.4 Å². The molecule has 1 heterocycles.